The number of hydrogen-bond acceptors (Lipinski definition) is 3. The second-order valence-corrected chi connectivity index (χ2v) is 5.58. The lowest BCUT2D eigenvalue weighted by Crippen LogP contribution is -2.51. The van der Waals surface area contributed by atoms with Gasteiger partial charge in [0.05, 0.1) is 12.1 Å². The molecule has 5 heteroatoms. The first-order valence-corrected chi connectivity index (χ1v) is 6.97. The number of aromatic nitrogens is 1. The van der Waals surface area contributed by atoms with Gasteiger partial charge in [-0.3, -0.25) is 4.79 Å². The van der Waals surface area contributed by atoms with Gasteiger partial charge in [-0.25, -0.2) is 4.98 Å². The summed E-state index contributed by atoms with van der Waals surface area (Å²) in [5.74, 6) is -0.119. The first-order chi connectivity index (χ1) is 9.02. The number of hydrogen-bond donors (Lipinski definition) is 1. The molecule has 1 aliphatic rings. The molecule has 1 aliphatic heterocycles. The minimum absolute atomic E-state index is 0.119. The van der Waals surface area contributed by atoms with Crippen molar-refractivity contribution in [2.45, 2.75) is 38.6 Å². The lowest BCUT2D eigenvalue weighted by Gasteiger charge is -2.34. The van der Waals surface area contributed by atoms with Gasteiger partial charge in [0.25, 0.3) is 5.91 Å². The molecule has 4 nitrogen and oxygen atoms in total. The Morgan fingerprint density at radius 3 is 3.00 bits per heavy atom. The summed E-state index contributed by atoms with van der Waals surface area (Å²) in [7, 11) is 0. The van der Waals surface area contributed by atoms with Gasteiger partial charge < -0.3 is 10.1 Å². The third-order valence-electron chi connectivity index (χ3n) is 3.32. The molecule has 1 atom stereocenters. The van der Waals surface area contributed by atoms with Crippen molar-refractivity contribution in [3.63, 3.8) is 0 Å². The van der Waals surface area contributed by atoms with E-state index in [1.165, 1.54) is 0 Å². The van der Waals surface area contributed by atoms with E-state index >= 15 is 0 Å². The van der Waals surface area contributed by atoms with Crippen LogP contribution in [0.5, 0.6) is 0 Å². The fraction of sp³-hybridized carbons (Fsp3) is 0.571. The first kappa shape index (κ1) is 14.3. The van der Waals surface area contributed by atoms with Gasteiger partial charge >= 0.3 is 0 Å². The van der Waals surface area contributed by atoms with Crippen molar-refractivity contribution in [3.05, 3.63) is 28.5 Å². The van der Waals surface area contributed by atoms with Crippen LogP contribution < -0.4 is 5.32 Å². The van der Waals surface area contributed by atoms with Crippen molar-refractivity contribution in [3.8, 4) is 0 Å². The highest BCUT2D eigenvalue weighted by Crippen LogP contribution is 2.19. The Hall–Kier alpha value is -1.13. The highest BCUT2D eigenvalue weighted by molar-refractivity contribution is 6.29. The van der Waals surface area contributed by atoms with Crippen LogP contribution in [0.3, 0.4) is 0 Å². The van der Waals surface area contributed by atoms with E-state index in [-0.39, 0.29) is 11.4 Å². The molecule has 0 saturated carbocycles. The van der Waals surface area contributed by atoms with Gasteiger partial charge in [-0.15, -0.1) is 0 Å². The maximum Gasteiger partial charge on any atom is 0.251 e. The van der Waals surface area contributed by atoms with Crippen molar-refractivity contribution in [2.24, 2.45) is 0 Å². The van der Waals surface area contributed by atoms with Crippen LogP contribution in [0.25, 0.3) is 0 Å². The number of carbonyl (C=O) groups excluding carboxylic acids is 1. The second kappa shape index (κ2) is 5.88. The van der Waals surface area contributed by atoms with Crippen LogP contribution >= 0.6 is 11.6 Å². The van der Waals surface area contributed by atoms with Crippen molar-refractivity contribution >= 4 is 17.5 Å². The van der Waals surface area contributed by atoms with E-state index in [4.69, 9.17) is 16.3 Å². The number of ether oxygens (including phenoxy) is 1. The molecule has 1 amide bonds. The van der Waals surface area contributed by atoms with Gasteiger partial charge in [0, 0.05) is 17.9 Å². The lowest BCUT2D eigenvalue weighted by atomic mass is 9.94. The second-order valence-electron chi connectivity index (χ2n) is 5.19. The number of rotatable bonds is 3. The van der Waals surface area contributed by atoms with Gasteiger partial charge in [0.2, 0.25) is 0 Å². The average molecular weight is 283 g/mol. The summed E-state index contributed by atoms with van der Waals surface area (Å²) in [4.78, 5) is 16.4. The zero-order valence-corrected chi connectivity index (χ0v) is 12.1. The number of aryl methyl sites for hydroxylation is 1. The van der Waals surface area contributed by atoms with Crippen LogP contribution in [-0.4, -0.2) is 29.6 Å². The van der Waals surface area contributed by atoms with Crippen molar-refractivity contribution in [1.82, 2.24) is 10.3 Å². The van der Waals surface area contributed by atoms with E-state index in [1.807, 2.05) is 13.8 Å². The Labute approximate surface area is 118 Å². The van der Waals surface area contributed by atoms with Crippen molar-refractivity contribution in [2.75, 3.05) is 13.2 Å². The summed E-state index contributed by atoms with van der Waals surface area (Å²) < 4.78 is 5.44. The van der Waals surface area contributed by atoms with Gasteiger partial charge in [-0.1, -0.05) is 18.5 Å². The summed E-state index contributed by atoms with van der Waals surface area (Å²) in [6.45, 7) is 5.31. The molecule has 1 aromatic heterocycles. The molecule has 0 spiro atoms. The van der Waals surface area contributed by atoms with Crippen LogP contribution in [0.1, 0.15) is 42.7 Å². The van der Waals surface area contributed by atoms with E-state index in [0.29, 0.717) is 17.3 Å². The highest BCUT2D eigenvalue weighted by atomic mass is 35.5. The maximum atomic E-state index is 12.3. The zero-order chi connectivity index (χ0) is 13.9. The Balaban J connectivity index is 2.13. The minimum Gasteiger partial charge on any atom is -0.379 e. The minimum atomic E-state index is -0.294. The first-order valence-electron chi connectivity index (χ1n) is 6.59. The number of halogens is 1. The maximum absolute atomic E-state index is 12.3. The molecule has 19 heavy (non-hydrogen) atoms. The molecular weight excluding hydrogens is 264 g/mol. The predicted octanol–water partition coefficient (Wildman–Crippen LogP) is 2.60. The fourth-order valence-corrected chi connectivity index (χ4v) is 2.47. The molecule has 0 aliphatic carbocycles. The van der Waals surface area contributed by atoms with Crippen LogP contribution in [0.15, 0.2) is 12.1 Å². The molecule has 2 heterocycles. The molecule has 0 radical (unpaired) electrons. The smallest absolute Gasteiger partial charge is 0.251 e. The molecule has 0 aromatic carbocycles. The largest absolute Gasteiger partial charge is 0.379 e. The number of nitrogens with one attached hydrogen (secondary N) is 1. The topological polar surface area (TPSA) is 51.2 Å². The number of nitrogens with zero attached hydrogens (tertiary/aromatic N) is 1. The van der Waals surface area contributed by atoms with E-state index in [2.05, 4.69) is 10.3 Å². The van der Waals surface area contributed by atoms with E-state index in [0.717, 1.165) is 31.6 Å². The highest BCUT2D eigenvalue weighted by Gasteiger charge is 2.29. The number of pyridine rings is 1. The van der Waals surface area contributed by atoms with Gasteiger partial charge in [0.15, 0.2) is 0 Å². The standard InChI is InChI=1S/C14H19ClN2O2/c1-3-11-7-10(8-12(15)16-11)13(18)17-14(2)5-4-6-19-9-14/h7-8H,3-6,9H2,1-2H3,(H,17,18). The number of carbonyl (C=O) groups is 1. The monoisotopic (exact) mass is 282 g/mol. The van der Waals surface area contributed by atoms with Gasteiger partial charge in [0.1, 0.15) is 5.15 Å². The van der Waals surface area contributed by atoms with Crippen molar-refractivity contribution in [1.29, 1.82) is 0 Å². The predicted molar refractivity (Wildman–Crippen MR) is 74.5 cm³/mol. The van der Waals surface area contributed by atoms with E-state index in [1.54, 1.807) is 12.1 Å². The summed E-state index contributed by atoms with van der Waals surface area (Å²) in [5, 5.41) is 3.40. The SMILES string of the molecule is CCc1cc(C(=O)NC2(C)CCCOC2)cc(Cl)n1. The van der Waals surface area contributed by atoms with Crippen LogP contribution in [0.4, 0.5) is 0 Å². The van der Waals surface area contributed by atoms with E-state index < -0.39 is 0 Å². The molecule has 0 bridgehead atoms. The zero-order valence-electron chi connectivity index (χ0n) is 11.3. The third kappa shape index (κ3) is 3.67. The molecule has 1 unspecified atom stereocenters. The molecule has 1 N–H and O–H groups in total. The Morgan fingerprint density at radius 2 is 2.37 bits per heavy atom. The summed E-state index contributed by atoms with van der Waals surface area (Å²) >= 11 is 5.93. The number of amides is 1. The third-order valence-corrected chi connectivity index (χ3v) is 3.52. The summed E-state index contributed by atoms with van der Waals surface area (Å²) in [6, 6.07) is 3.39. The van der Waals surface area contributed by atoms with Crippen LogP contribution in [-0.2, 0) is 11.2 Å². The van der Waals surface area contributed by atoms with E-state index in [9.17, 15) is 4.79 Å². The van der Waals surface area contributed by atoms with Crippen molar-refractivity contribution < 1.29 is 9.53 Å². The molecule has 1 saturated heterocycles. The average Bonchev–Trinajstić information content (AvgIpc) is 2.38. The van der Waals surface area contributed by atoms with Gasteiger partial charge in [-0.05, 0) is 38.3 Å². The quantitative estimate of drug-likeness (QED) is 0.867. The molecular formula is C14H19ClN2O2. The van der Waals surface area contributed by atoms with Crippen LogP contribution in [0.2, 0.25) is 5.15 Å². The molecule has 1 aromatic rings. The molecule has 2 rings (SSSR count). The normalized spacial score (nSPS) is 23.1. The summed E-state index contributed by atoms with van der Waals surface area (Å²) in [5.41, 5.74) is 1.09. The molecule has 104 valence electrons. The Kier molecular flexibility index (Phi) is 4.42. The Bertz CT molecular complexity index is 471. The fourth-order valence-electron chi connectivity index (χ4n) is 2.24. The van der Waals surface area contributed by atoms with Gasteiger partial charge in [-0.2, -0.15) is 0 Å². The molecule has 1 fully saturated rings. The van der Waals surface area contributed by atoms with Crippen LogP contribution in [0, 0.1) is 0 Å². The summed E-state index contributed by atoms with van der Waals surface area (Å²) in [6.07, 6.45) is 2.65. The lowest BCUT2D eigenvalue weighted by molar-refractivity contribution is 0.0272. The Morgan fingerprint density at radius 1 is 1.58 bits per heavy atom.